The van der Waals surface area contributed by atoms with Crippen LogP contribution in [0.3, 0.4) is 0 Å². The van der Waals surface area contributed by atoms with Crippen molar-refractivity contribution in [3.05, 3.63) is 58.6 Å². The molecule has 0 aliphatic heterocycles. The van der Waals surface area contributed by atoms with Crippen LogP contribution in [0.2, 0.25) is 0 Å². The van der Waals surface area contributed by atoms with Gasteiger partial charge in [-0.15, -0.1) is 11.3 Å². The Morgan fingerprint density at radius 2 is 1.90 bits per heavy atom. The monoisotopic (exact) mass is 436 g/mol. The Morgan fingerprint density at radius 1 is 1.13 bits per heavy atom. The number of nitrogens with zero attached hydrogens (tertiary/aromatic N) is 2. The molecule has 5 nitrogen and oxygen atoms in total. The highest BCUT2D eigenvalue weighted by molar-refractivity contribution is 7.21. The van der Waals surface area contributed by atoms with Gasteiger partial charge in [-0.3, -0.25) is 4.79 Å². The van der Waals surface area contributed by atoms with E-state index in [4.69, 9.17) is 0 Å². The van der Waals surface area contributed by atoms with Crippen LogP contribution in [0.1, 0.15) is 52.4 Å². The van der Waals surface area contributed by atoms with Gasteiger partial charge < -0.3 is 15.5 Å². The summed E-state index contributed by atoms with van der Waals surface area (Å²) in [5.74, 6) is 2.24. The molecule has 4 rings (SSSR count). The Hall–Kier alpha value is -2.44. The van der Waals surface area contributed by atoms with E-state index in [2.05, 4.69) is 50.8 Å². The predicted molar refractivity (Wildman–Crippen MR) is 130 cm³/mol. The number of amides is 1. The number of pyridine rings is 1. The van der Waals surface area contributed by atoms with E-state index < -0.39 is 0 Å². The summed E-state index contributed by atoms with van der Waals surface area (Å²) in [5.41, 5.74) is 2.51. The van der Waals surface area contributed by atoms with Gasteiger partial charge in [0.1, 0.15) is 5.82 Å². The molecule has 1 amide bonds. The number of carbonyl (C=O) groups is 1. The number of hydrogen-bond acceptors (Lipinski definition) is 5. The van der Waals surface area contributed by atoms with Crippen molar-refractivity contribution in [2.45, 2.75) is 38.1 Å². The van der Waals surface area contributed by atoms with Crippen LogP contribution in [-0.4, -0.2) is 38.6 Å². The quantitative estimate of drug-likeness (QED) is 0.559. The summed E-state index contributed by atoms with van der Waals surface area (Å²) in [6.45, 7) is 1.87. The molecule has 1 aliphatic carbocycles. The molecule has 0 radical (unpaired) electrons. The van der Waals surface area contributed by atoms with Gasteiger partial charge in [-0.2, -0.15) is 0 Å². The van der Waals surface area contributed by atoms with Crippen molar-refractivity contribution in [2.24, 2.45) is 5.92 Å². The average Bonchev–Trinajstić information content (AvgIpc) is 3.19. The molecule has 1 aromatic carbocycles. The van der Waals surface area contributed by atoms with Gasteiger partial charge in [0.15, 0.2) is 0 Å². The average molecular weight is 437 g/mol. The highest BCUT2D eigenvalue weighted by Crippen LogP contribution is 2.43. The number of nitrogens with one attached hydrogen (secondary N) is 2. The number of fused-ring (bicyclic) bond motifs is 1. The molecule has 6 heteroatoms. The maximum Gasteiger partial charge on any atom is 0.261 e. The molecule has 2 heterocycles. The standard InChI is InChI=1S/C25H32N4OS/c1-26-25(30)23-22(20-8-4-5-9-21(20)31-23)18-12-10-17(11-13-18)15-27-16-19-7-6-14-28-24(19)29(2)3/h4-9,14,17-18,27H,10-13,15-16H2,1-3H3,(H,26,30). The molecule has 2 N–H and O–H groups in total. The van der Waals surface area contributed by atoms with Crippen molar-refractivity contribution in [1.29, 1.82) is 0 Å². The number of rotatable bonds is 7. The summed E-state index contributed by atoms with van der Waals surface area (Å²) >= 11 is 1.63. The van der Waals surface area contributed by atoms with Gasteiger partial charge in [-0.25, -0.2) is 4.98 Å². The minimum absolute atomic E-state index is 0.0492. The van der Waals surface area contributed by atoms with E-state index in [9.17, 15) is 4.79 Å². The van der Waals surface area contributed by atoms with Crippen LogP contribution in [-0.2, 0) is 6.54 Å². The maximum atomic E-state index is 12.5. The van der Waals surface area contributed by atoms with Crippen molar-refractivity contribution in [3.63, 3.8) is 0 Å². The fourth-order valence-electron chi connectivity index (χ4n) is 4.79. The highest BCUT2D eigenvalue weighted by Gasteiger charge is 2.28. The molecule has 164 valence electrons. The van der Waals surface area contributed by atoms with Gasteiger partial charge >= 0.3 is 0 Å². The fourth-order valence-corrected chi connectivity index (χ4v) is 6.03. The van der Waals surface area contributed by atoms with Gasteiger partial charge in [0, 0.05) is 44.1 Å². The topological polar surface area (TPSA) is 57.3 Å². The van der Waals surface area contributed by atoms with Crippen molar-refractivity contribution in [3.8, 4) is 0 Å². The van der Waals surface area contributed by atoms with Crippen LogP contribution < -0.4 is 15.5 Å². The SMILES string of the molecule is CNC(=O)c1sc2ccccc2c1C1CCC(CNCc2cccnc2N(C)C)CC1. The van der Waals surface area contributed by atoms with E-state index in [-0.39, 0.29) is 5.91 Å². The predicted octanol–water partition coefficient (Wildman–Crippen LogP) is 4.79. The molecule has 0 bridgehead atoms. The molecule has 1 saturated carbocycles. The number of anilines is 1. The molecule has 31 heavy (non-hydrogen) atoms. The summed E-state index contributed by atoms with van der Waals surface area (Å²) < 4.78 is 1.22. The second kappa shape index (κ2) is 9.79. The van der Waals surface area contributed by atoms with Crippen molar-refractivity contribution >= 4 is 33.1 Å². The van der Waals surface area contributed by atoms with Gasteiger partial charge in [-0.1, -0.05) is 24.3 Å². The summed E-state index contributed by atoms with van der Waals surface area (Å²) in [4.78, 5) is 20.0. The van der Waals surface area contributed by atoms with Gasteiger partial charge in [-0.05, 0) is 67.1 Å². The van der Waals surface area contributed by atoms with Crippen LogP contribution in [0.25, 0.3) is 10.1 Å². The third kappa shape index (κ3) is 4.75. The maximum absolute atomic E-state index is 12.5. The zero-order valence-electron chi connectivity index (χ0n) is 18.6. The summed E-state index contributed by atoms with van der Waals surface area (Å²) in [6, 6.07) is 12.6. The first-order valence-electron chi connectivity index (χ1n) is 11.1. The van der Waals surface area contributed by atoms with Crippen LogP contribution >= 0.6 is 11.3 Å². The smallest absolute Gasteiger partial charge is 0.261 e. The Balaban J connectivity index is 1.38. The fraction of sp³-hybridized carbons (Fsp3) is 0.440. The largest absolute Gasteiger partial charge is 0.362 e. The van der Waals surface area contributed by atoms with Crippen LogP contribution in [0.15, 0.2) is 42.6 Å². The van der Waals surface area contributed by atoms with E-state index in [0.717, 1.165) is 36.6 Å². The molecule has 0 unspecified atom stereocenters. The van der Waals surface area contributed by atoms with Gasteiger partial charge in [0.2, 0.25) is 0 Å². The lowest BCUT2D eigenvalue weighted by Gasteiger charge is -2.29. The minimum Gasteiger partial charge on any atom is -0.362 e. The van der Waals surface area contributed by atoms with Crippen molar-refractivity contribution in [1.82, 2.24) is 15.6 Å². The minimum atomic E-state index is 0.0492. The lowest BCUT2D eigenvalue weighted by atomic mass is 9.77. The highest BCUT2D eigenvalue weighted by atomic mass is 32.1. The van der Waals surface area contributed by atoms with Crippen molar-refractivity contribution < 1.29 is 4.79 Å². The molecular weight excluding hydrogens is 404 g/mol. The number of carbonyl (C=O) groups excluding carboxylic acids is 1. The van der Waals surface area contributed by atoms with Crippen LogP contribution in [0.4, 0.5) is 5.82 Å². The Labute approximate surface area is 188 Å². The zero-order valence-corrected chi connectivity index (χ0v) is 19.5. The lowest BCUT2D eigenvalue weighted by molar-refractivity contribution is 0.0965. The lowest BCUT2D eigenvalue weighted by Crippen LogP contribution is -2.27. The van der Waals surface area contributed by atoms with E-state index in [1.807, 2.05) is 26.4 Å². The van der Waals surface area contributed by atoms with Gasteiger partial charge in [0.05, 0.1) is 4.88 Å². The van der Waals surface area contributed by atoms with E-state index in [1.165, 1.54) is 34.1 Å². The molecular formula is C25H32N4OS. The van der Waals surface area contributed by atoms with Crippen LogP contribution in [0.5, 0.6) is 0 Å². The molecule has 0 atom stereocenters. The first-order valence-corrected chi connectivity index (χ1v) is 12.0. The van der Waals surface area contributed by atoms with Crippen molar-refractivity contribution in [2.75, 3.05) is 32.6 Å². The van der Waals surface area contributed by atoms with E-state index >= 15 is 0 Å². The normalized spacial score (nSPS) is 18.8. The summed E-state index contributed by atoms with van der Waals surface area (Å²) in [7, 11) is 5.80. The first kappa shape index (κ1) is 21.8. The second-order valence-electron chi connectivity index (χ2n) is 8.65. The number of aromatic nitrogens is 1. The Bertz CT molecular complexity index is 1040. The molecule has 0 saturated heterocycles. The Kier molecular flexibility index (Phi) is 6.88. The van der Waals surface area contributed by atoms with Crippen LogP contribution in [0, 0.1) is 5.92 Å². The van der Waals surface area contributed by atoms with E-state index in [1.54, 1.807) is 18.4 Å². The molecule has 1 aliphatic rings. The third-order valence-electron chi connectivity index (χ3n) is 6.36. The number of thiophene rings is 1. The number of hydrogen-bond donors (Lipinski definition) is 2. The third-order valence-corrected chi connectivity index (χ3v) is 7.55. The van der Waals surface area contributed by atoms with Gasteiger partial charge in [0.25, 0.3) is 5.91 Å². The Morgan fingerprint density at radius 3 is 2.65 bits per heavy atom. The molecule has 0 spiro atoms. The summed E-state index contributed by atoms with van der Waals surface area (Å²) in [6.07, 6.45) is 6.53. The molecule has 3 aromatic rings. The summed E-state index contributed by atoms with van der Waals surface area (Å²) in [5, 5.41) is 7.76. The zero-order chi connectivity index (χ0) is 21.8. The van der Waals surface area contributed by atoms with E-state index in [0.29, 0.717) is 11.8 Å². The number of benzene rings is 1. The molecule has 2 aromatic heterocycles. The molecule has 1 fully saturated rings. The second-order valence-corrected chi connectivity index (χ2v) is 9.70. The first-order chi connectivity index (χ1) is 15.1.